The Hall–Kier alpha value is -2.08. The van der Waals surface area contributed by atoms with Crippen LogP contribution in [0.4, 0.5) is 0 Å². The van der Waals surface area contributed by atoms with Crippen molar-refractivity contribution < 1.29 is 10.2 Å². The molecule has 0 aliphatic heterocycles. The maximum absolute atomic E-state index is 11.4. The van der Waals surface area contributed by atoms with E-state index in [1.54, 1.807) is 18.2 Å². The van der Waals surface area contributed by atoms with E-state index in [0.29, 0.717) is 0 Å². The third kappa shape index (κ3) is 1.62. The molecule has 0 aliphatic rings. The minimum absolute atomic E-state index is 0.0458. The molecule has 1 aromatic heterocycles. The maximum Gasteiger partial charge on any atom is 0.348 e. The summed E-state index contributed by atoms with van der Waals surface area (Å²) in [6.45, 7) is -0.351. The lowest BCUT2D eigenvalue weighted by Crippen LogP contribution is -2.15. The second-order valence-corrected chi connectivity index (χ2v) is 2.94. The lowest BCUT2D eigenvalue weighted by atomic mass is 10.3. The average molecular weight is 207 g/mol. The van der Waals surface area contributed by atoms with Gasteiger partial charge in [0.05, 0.1) is 0 Å². The molecule has 0 amide bonds. The molecule has 0 radical (unpaired) electrons. The van der Waals surface area contributed by atoms with Gasteiger partial charge in [-0.15, -0.1) is 5.10 Å². The number of phenols is 1. The van der Waals surface area contributed by atoms with Gasteiger partial charge in [0.15, 0.2) is 5.82 Å². The van der Waals surface area contributed by atoms with E-state index in [0.717, 1.165) is 4.68 Å². The Bertz CT molecular complexity index is 529. The Balaban J connectivity index is 2.59. The number of H-pyrrole nitrogens is 1. The lowest BCUT2D eigenvalue weighted by Gasteiger charge is -2.00. The smallest absolute Gasteiger partial charge is 0.348 e. The maximum atomic E-state index is 11.4. The molecular formula is C9H9N3O3. The summed E-state index contributed by atoms with van der Waals surface area (Å²) in [5, 5.41) is 22.1. The monoisotopic (exact) mass is 207 g/mol. The highest BCUT2D eigenvalue weighted by molar-refractivity contribution is 5.44. The Morgan fingerprint density at radius 3 is 2.73 bits per heavy atom. The van der Waals surface area contributed by atoms with Crippen molar-refractivity contribution in [1.82, 2.24) is 14.8 Å². The van der Waals surface area contributed by atoms with Crippen LogP contribution >= 0.6 is 0 Å². The van der Waals surface area contributed by atoms with Gasteiger partial charge < -0.3 is 10.2 Å². The topological polar surface area (TPSA) is 91.1 Å². The Kier molecular flexibility index (Phi) is 2.26. The van der Waals surface area contributed by atoms with Crippen molar-refractivity contribution >= 4 is 0 Å². The molecule has 2 aromatic rings. The van der Waals surface area contributed by atoms with Crippen molar-refractivity contribution in [2.75, 3.05) is 0 Å². The fourth-order valence-electron chi connectivity index (χ4n) is 1.25. The number of hydrogen-bond donors (Lipinski definition) is 3. The Labute approximate surface area is 84.4 Å². The average Bonchev–Trinajstić information content (AvgIpc) is 2.60. The van der Waals surface area contributed by atoms with Crippen LogP contribution in [0, 0.1) is 0 Å². The second-order valence-electron chi connectivity index (χ2n) is 2.94. The van der Waals surface area contributed by atoms with Gasteiger partial charge >= 0.3 is 5.69 Å². The summed E-state index contributed by atoms with van der Waals surface area (Å²) in [5.74, 6) is 0.110. The largest absolute Gasteiger partial charge is 0.506 e. The molecule has 3 N–H and O–H groups in total. The van der Waals surface area contributed by atoms with E-state index in [4.69, 9.17) is 5.11 Å². The Morgan fingerprint density at radius 2 is 2.13 bits per heavy atom. The first kappa shape index (κ1) is 9.47. The normalized spacial score (nSPS) is 10.5. The van der Waals surface area contributed by atoms with Gasteiger partial charge in [-0.1, -0.05) is 12.1 Å². The highest BCUT2D eigenvalue weighted by Crippen LogP contribution is 2.17. The van der Waals surface area contributed by atoms with E-state index in [-0.39, 0.29) is 23.9 Å². The summed E-state index contributed by atoms with van der Waals surface area (Å²) < 4.78 is 1.00. The van der Waals surface area contributed by atoms with E-state index in [9.17, 15) is 9.90 Å². The van der Waals surface area contributed by atoms with Crippen molar-refractivity contribution in [3.63, 3.8) is 0 Å². The molecule has 0 fully saturated rings. The van der Waals surface area contributed by atoms with Crippen molar-refractivity contribution in [2.45, 2.75) is 6.61 Å². The number of hydrogen-bond acceptors (Lipinski definition) is 4. The Morgan fingerprint density at radius 1 is 1.40 bits per heavy atom. The van der Waals surface area contributed by atoms with Crippen LogP contribution in [0.5, 0.6) is 5.75 Å². The second kappa shape index (κ2) is 3.58. The number of aromatic hydroxyl groups is 1. The zero-order valence-electron chi connectivity index (χ0n) is 7.71. The van der Waals surface area contributed by atoms with Gasteiger partial charge in [-0.25, -0.2) is 4.79 Å². The molecule has 1 aromatic carbocycles. The highest BCUT2D eigenvalue weighted by atomic mass is 16.3. The number of nitrogens with one attached hydrogen (secondary N) is 1. The molecule has 6 nitrogen and oxygen atoms in total. The summed E-state index contributed by atoms with van der Waals surface area (Å²) in [5.41, 5.74) is -0.223. The number of rotatable bonds is 2. The van der Waals surface area contributed by atoms with E-state index in [1.807, 2.05) is 0 Å². The molecule has 15 heavy (non-hydrogen) atoms. The van der Waals surface area contributed by atoms with Crippen LogP contribution in [0.2, 0.25) is 0 Å². The van der Waals surface area contributed by atoms with Gasteiger partial charge in [0.25, 0.3) is 0 Å². The van der Waals surface area contributed by atoms with E-state index < -0.39 is 5.69 Å². The first-order chi connectivity index (χ1) is 7.22. The number of benzene rings is 1. The predicted molar refractivity (Wildman–Crippen MR) is 51.8 cm³/mol. The van der Waals surface area contributed by atoms with Crippen molar-refractivity contribution in [2.24, 2.45) is 0 Å². The molecule has 0 saturated carbocycles. The van der Waals surface area contributed by atoms with E-state index in [1.165, 1.54) is 6.07 Å². The molecule has 1 heterocycles. The van der Waals surface area contributed by atoms with Gasteiger partial charge in [0.2, 0.25) is 0 Å². The molecule has 0 spiro atoms. The van der Waals surface area contributed by atoms with Crippen LogP contribution in [0.25, 0.3) is 5.69 Å². The number of phenolic OH excluding ortho intramolecular Hbond substituents is 1. The van der Waals surface area contributed by atoms with Crippen LogP contribution in [-0.4, -0.2) is 25.0 Å². The molecule has 78 valence electrons. The quantitative estimate of drug-likeness (QED) is 0.633. The van der Waals surface area contributed by atoms with Gasteiger partial charge in [0, 0.05) is 0 Å². The third-order valence-corrected chi connectivity index (χ3v) is 1.92. The van der Waals surface area contributed by atoms with Crippen LogP contribution in [0.15, 0.2) is 29.1 Å². The van der Waals surface area contributed by atoms with Gasteiger partial charge in [-0.3, -0.25) is 4.98 Å². The zero-order chi connectivity index (χ0) is 10.8. The molecule has 0 atom stereocenters. The van der Waals surface area contributed by atoms with Crippen molar-refractivity contribution in [3.8, 4) is 11.4 Å². The van der Waals surface area contributed by atoms with Gasteiger partial charge in [-0.2, -0.15) is 4.68 Å². The van der Waals surface area contributed by atoms with Crippen LogP contribution in [0.3, 0.4) is 0 Å². The first-order valence-corrected chi connectivity index (χ1v) is 4.30. The summed E-state index contributed by atoms with van der Waals surface area (Å²) in [6.07, 6.45) is 0. The summed E-state index contributed by atoms with van der Waals surface area (Å²) in [6, 6.07) is 6.33. The van der Waals surface area contributed by atoms with Crippen LogP contribution in [-0.2, 0) is 6.61 Å². The SMILES string of the molecule is O=c1[nH]c(CO)nn1-c1ccccc1O. The van der Waals surface area contributed by atoms with Crippen molar-refractivity contribution in [3.05, 3.63) is 40.6 Å². The third-order valence-electron chi connectivity index (χ3n) is 1.92. The molecular weight excluding hydrogens is 198 g/mol. The minimum atomic E-state index is -0.499. The number of aromatic nitrogens is 3. The highest BCUT2D eigenvalue weighted by Gasteiger charge is 2.09. The number of nitrogens with zero attached hydrogens (tertiary/aromatic N) is 2. The van der Waals surface area contributed by atoms with Crippen LogP contribution < -0.4 is 5.69 Å². The molecule has 0 aliphatic carbocycles. The van der Waals surface area contributed by atoms with Crippen LogP contribution in [0.1, 0.15) is 5.82 Å². The lowest BCUT2D eigenvalue weighted by molar-refractivity contribution is 0.271. The fraction of sp³-hybridized carbons (Fsp3) is 0.111. The van der Waals surface area contributed by atoms with Crippen molar-refractivity contribution in [1.29, 1.82) is 0 Å². The van der Waals surface area contributed by atoms with Gasteiger partial charge in [0.1, 0.15) is 18.0 Å². The predicted octanol–water partition coefficient (Wildman–Crippen LogP) is -0.242. The summed E-state index contributed by atoms with van der Waals surface area (Å²) >= 11 is 0. The standard InChI is InChI=1S/C9H9N3O3/c13-5-8-10-9(15)12(11-8)6-3-1-2-4-7(6)14/h1-4,13-14H,5H2,(H,10,11,15). The first-order valence-electron chi connectivity index (χ1n) is 4.30. The molecule has 6 heteroatoms. The minimum Gasteiger partial charge on any atom is -0.506 e. The number of aromatic amines is 1. The molecule has 0 unspecified atom stereocenters. The molecule has 2 rings (SSSR count). The van der Waals surface area contributed by atoms with E-state index >= 15 is 0 Å². The number of aliphatic hydroxyl groups excluding tert-OH is 1. The van der Waals surface area contributed by atoms with Gasteiger partial charge in [-0.05, 0) is 12.1 Å². The number of aliphatic hydroxyl groups is 1. The van der Waals surface area contributed by atoms with E-state index in [2.05, 4.69) is 10.1 Å². The molecule has 0 bridgehead atoms. The number of para-hydroxylation sites is 2. The summed E-state index contributed by atoms with van der Waals surface area (Å²) in [4.78, 5) is 13.7. The zero-order valence-corrected chi connectivity index (χ0v) is 7.71. The fourth-order valence-corrected chi connectivity index (χ4v) is 1.25. The molecule has 0 saturated heterocycles. The summed E-state index contributed by atoms with van der Waals surface area (Å²) in [7, 11) is 0.